The summed E-state index contributed by atoms with van der Waals surface area (Å²) in [5.74, 6) is -8.50. The highest BCUT2D eigenvalue weighted by Crippen LogP contribution is 2.72. The second kappa shape index (κ2) is 11.3. The molecule has 0 aromatic carbocycles. The van der Waals surface area contributed by atoms with E-state index in [0.29, 0.717) is 6.42 Å². The zero-order chi connectivity index (χ0) is 34.3. The predicted octanol–water partition coefficient (Wildman–Crippen LogP) is 2.07. The average molecular weight is 651 g/mol. The Kier molecular flexibility index (Phi) is 8.41. The van der Waals surface area contributed by atoms with Crippen molar-refractivity contribution in [2.24, 2.45) is 40.9 Å². The van der Waals surface area contributed by atoms with Gasteiger partial charge in [0.15, 0.2) is 18.0 Å². The summed E-state index contributed by atoms with van der Waals surface area (Å²) < 4.78 is 36.2. The second-order valence-electron chi connectivity index (χ2n) is 14.6. The van der Waals surface area contributed by atoms with Gasteiger partial charge >= 0.3 is 29.8 Å². The third-order valence-electron chi connectivity index (χ3n) is 11.5. The molecule has 1 aliphatic heterocycles. The van der Waals surface area contributed by atoms with Crippen LogP contribution in [0.5, 0.6) is 0 Å². The Morgan fingerprint density at radius 2 is 1.52 bits per heavy atom. The van der Waals surface area contributed by atoms with Crippen molar-refractivity contribution in [1.29, 1.82) is 0 Å². The number of carbonyl (C=O) groups is 6. The number of aliphatic hydroxyl groups is 1. The number of carbonyl (C=O) groups excluding carboxylic acids is 6. The number of hydrogen-bond acceptors (Lipinski definition) is 13. The quantitative estimate of drug-likeness (QED) is 0.313. The molecule has 4 saturated carbocycles. The molecule has 4 aliphatic carbocycles. The number of ether oxygens (including phenoxy) is 6. The van der Waals surface area contributed by atoms with E-state index in [1.807, 2.05) is 6.92 Å². The standard InChI is InChI=1S/C33H46O13/c1-10-14(2)28(39)45-24-20-12-30(8,46-19(7)37)21(20)25-31(9)29(44-18(6)36)33(40)11-15(3)23(42-16(4)34)22(33)27(43-17(5)35)32(25,13-41-31)26(24)38/h14-15,20-25,27,29,40H,10-13H2,1-9H3. The molecule has 256 valence electrons. The highest BCUT2D eigenvalue weighted by molar-refractivity contribution is 5.94. The Morgan fingerprint density at radius 3 is 2.07 bits per heavy atom. The van der Waals surface area contributed by atoms with Gasteiger partial charge in [-0.2, -0.15) is 0 Å². The maximum absolute atomic E-state index is 15.2. The summed E-state index contributed by atoms with van der Waals surface area (Å²) in [7, 11) is 0. The van der Waals surface area contributed by atoms with Crippen LogP contribution in [-0.2, 0) is 57.2 Å². The zero-order valence-corrected chi connectivity index (χ0v) is 27.9. The van der Waals surface area contributed by atoms with Crippen LogP contribution < -0.4 is 0 Å². The van der Waals surface area contributed by atoms with E-state index in [1.165, 1.54) is 20.8 Å². The summed E-state index contributed by atoms with van der Waals surface area (Å²) in [6.07, 6.45) is -4.68. The van der Waals surface area contributed by atoms with Crippen molar-refractivity contribution in [3.63, 3.8) is 0 Å². The van der Waals surface area contributed by atoms with Crippen LogP contribution in [0.15, 0.2) is 0 Å². The van der Waals surface area contributed by atoms with Crippen LogP contribution in [0.4, 0.5) is 0 Å². The fourth-order valence-electron chi connectivity index (χ4n) is 9.93. The monoisotopic (exact) mass is 650 g/mol. The van der Waals surface area contributed by atoms with Crippen molar-refractivity contribution in [2.75, 3.05) is 6.61 Å². The largest absolute Gasteiger partial charge is 0.462 e. The lowest BCUT2D eigenvalue weighted by Crippen LogP contribution is -2.75. The lowest BCUT2D eigenvalue weighted by molar-refractivity contribution is -0.260. The van der Waals surface area contributed by atoms with Crippen molar-refractivity contribution >= 4 is 35.6 Å². The minimum atomic E-state index is -2.01. The predicted molar refractivity (Wildman–Crippen MR) is 155 cm³/mol. The Bertz CT molecular complexity index is 1340. The van der Waals surface area contributed by atoms with Gasteiger partial charge in [0.25, 0.3) is 0 Å². The molecule has 1 saturated heterocycles. The first-order valence-corrected chi connectivity index (χ1v) is 16.1. The summed E-state index contributed by atoms with van der Waals surface area (Å²) in [4.78, 5) is 79.0. The van der Waals surface area contributed by atoms with Gasteiger partial charge < -0.3 is 33.5 Å². The Morgan fingerprint density at radius 1 is 0.913 bits per heavy atom. The minimum absolute atomic E-state index is 0.0526. The molecule has 46 heavy (non-hydrogen) atoms. The molecule has 0 radical (unpaired) electrons. The van der Waals surface area contributed by atoms with Crippen LogP contribution >= 0.6 is 0 Å². The molecule has 13 nitrogen and oxygen atoms in total. The molecule has 0 aromatic heterocycles. The van der Waals surface area contributed by atoms with Gasteiger partial charge in [-0.25, -0.2) is 0 Å². The molecule has 0 aromatic rings. The molecule has 0 spiro atoms. The zero-order valence-electron chi connectivity index (χ0n) is 27.9. The fourth-order valence-corrected chi connectivity index (χ4v) is 9.93. The van der Waals surface area contributed by atoms with Crippen molar-refractivity contribution in [1.82, 2.24) is 0 Å². The van der Waals surface area contributed by atoms with Crippen LogP contribution in [0.3, 0.4) is 0 Å². The van der Waals surface area contributed by atoms with E-state index in [2.05, 4.69) is 0 Å². The summed E-state index contributed by atoms with van der Waals surface area (Å²) in [5.41, 5.74) is -6.58. The molecule has 5 rings (SSSR count). The van der Waals surface area contributed by atoms with E-state index < -0.39 is 118 Å². The summed E-state index contributed by atoms with van der Waals surface area (Å²) in [6, 6.07) is 0. The average Bonchev–Trinajstić information content (AvgIpc) is 3.35. The molecule has 5 fully saturated rings. The molecule has 1 heterocycles. The van der Waals surface area contributed by atoms with E-state index in [0.717, 1.165) is 6.92 Å². The lowest BCUT2D eigenvalue weighted by atomic mass is 9.42. The first kappa shape index (κ1) is 34.3. The number of hydrogen-bond donors (Lipinski definition) is 1. The molecule has 5 aliphatic rings. The highest BCUT2D eigenvalue weighted by Gasteiger charge is 2.86. The maximum Gasteiger partial charge on any atom is 0.309 e. The third-order valence-corrected chi connectivity index (χ3v) is 11.5. The molecular weight excluding hydrogens is 604 g/mol. The fraction of sp³-hybridized carbons (Fsp3) is 0.818. The van der Waals surface area contributed by atoms with Gasteiger partial charge in [0.1, 0.15) is 29.0 Å². The van der Waals surface area contributed by atoms with Gasteiger partial charge in [-0.15, -0.1) is 0 Å². The van der Waals surface area contributed by atoms with Crippen LogP contribution in [0.2, 0.25) is 0 Å². The van der Waals surface area contributed by atoms with Gasteiger partial charge in [0, 0.05) is 45.4 Å². The SMILES string of the molecule is CCC(C)C(=O)OC1C(=O)C23COC(C)(C(OC(C)=O)C4(O)CC(C)C(OC(C)=O)C4C2OC(C)=O)C3C2C1CC2(C)OC(C)=O. The minimum Gasteiger partial charge on any atom is -0.462 e. The smallest absolute Gasteiger partial charge is 0.309 e. The molecular formula is C33H46O13. The van der Waals surface area contributed by atoms with Crippen molar-refractivity contribution in [2.45, 2.75) is 123 Å². The molecule has 2 bridgehead atoms. The number of fused-ring (bicyclic) bond motifs is 2. The van der Waals surface area contributed by atoms with Crippen molar-refractivity contribution in [3.05, 3.63) is 0 Å². The number of rotatable bonds is 7. The first-order valence-electron chi connectivity index (χ1n) is 16.1. The van der Waals surface area contributed by atoms with Crippen LogP contribution in [0.1, 0.15) is 81.6 Å². The van der Waals surface area contributed by atoms with E-state index >= 15 is 4.79 Å². The molecule has 0 amide bonds. The van der Waals surface area contributed by atoms with Gasteiger partial charge in [-0.3, -0.25) is 28.8 Å². The van der Waals surface area contributed by atoms with Gasteiger partial charge in [0.05, 0.1) is 23.9 Å². The van der Waals surface area contributed by atoms with Crippen LogP contribution in [-0.4, -0.2) is 88.6 Å². The van der Waals surface area contributed by atoms with Gasteiger partial charge in [-0.05, 0) is 39.0 Å². The van der Waals surface area contributed by atoms with E-state index in [1.54, 1.807) is 27.7 Å². The Hall–Kier alpha value is -3.06. The molecule has 14 unspecified atom stereocenters. The lowest BCUT2D eigenvalue weighted by Gasteiger charge is -2.64. The summed E-state index contributed by atoms with van der Waals surface area (Å²) in [5, 5.41) is 12.8. The molecule has 1 N–H and O–H groups in total. The topological polar surface area (TPSA) is 178 Å². The van der Waals surface area contributed by atoms with Gasteiger partial charge in [-0.1, -0.05) is 20.8 Å². The Balaban J connectivity index is 1.82. The van der Waals surface area contributed by atoms with Crippen LogP contribution in [0, 0.1) is 40.9 Å². The Labute approximate surface area is 268 Å². The third kappa shape index (κ3) is 4.78. The van der Waals surface area contributed by atoms with Crippen LogP contribution in [0.25, 0.3) is 0 Å². The number of ketones is 1. The van der Waals surface area contributed by atoms with E-state index in [-0.39, 0.29) is 19.4 Å². The summed E-state index contributed by atoms with van der Waals surface area (Å²) in [6.45, 7) is 13.1. The molecule has 14 atom stereocenters. The normalized spacial score (nSPS) is 45.9. The van der Waals surface area contributed by atoms with E-state index in [9.17, 15) is 29.1 Å². The first-order chi connectivity index (χ1) is 21.3. The number of Topliss-reactive ketones (excluding diaryl/α,β-unsaturated/α-hetero) is 1. The van der Waals surface area contributed by atoms with Gasteiger partial charge in [0.2, 0.25) is 0 Å². The summed E-state index contributed by atoms with van der Waals surface area (Å²) >= 11 is 0. The second-order valence-corrected chi connectivity index (χ2v) is 14.6. The molecule has 13 heteroatoms. The number of esters is 5. The van der Waals surface area contributed by atoms with Crippen molar-refractivity contribution < 1.29 is 62.3 Å². The highest BCUT2D eigenvalue weighted by atomic mass is 16.6. The maximum atomic E-state index is 15.2. The van der Waals surface area contributed by atoms with E-state index in [4.69, 9.17) is 28.4 Å². The van der Waals surface area contributed by atoms with Crippen molar-refractivity contribution in [3.8, 4) is 0 Å².